The zero-order valence-electron chi connectivity index (χ0n) is 12.3. The van der Waals surface area contributed by atoms with Crippen molar-refractivity contribution in [3.63, 3.8) is 0 Å². The molecule has 2 rings (SSSR count). The number of hydrogen-bond acceptors (Lipinski definition) is 4. The van der Waals surface area contributed by atoms with Gasteiger partial charge in [0.15, 0.2) is 0 Å². The molecule has 0 atom stereocenters. The molecule has 1 aromatic rings. The van der Waals surface area contributed by atoms with Crippen molar-refractivity contribution in [3.8, 4) is 0 Å². The molecule has 1 N–H and O–H groups in total. The lowest BCUT2D eigenvalue weighted by Crippen LogP contribution is -2.41. The van der Waals surface area contributed by atoms with Crippen LogP contribution in [0.3, 0.4) is 0 Å². The number of aryl methyl sites for hydroxylation is 1. The van der Waals surface area contributed by atoms with Gasteiger partial charge in [0.1, 0.15) is 4.21 Å². The van der Waals surface area contributed by atoms with Crippen LogP contribution in [0.1, 0.15) is 43.6 Å². The van der Waals surface area contributed by atoms with Crippen molar-refractivity contribution in [1.82, 2.24) is 4.31 Å². The number of nitrogens with zero attached hydrogens (tertiary/aromatic N) is 1. The molecule has 1 saturated heterocycles. The third-order valence-corrected chi connectivity index (χ3v) is 8.09. The SMILES string of the molecule is CCC1(C)CCN(S(=O)(=O)c2cc(C)c(CO)s2)CC1. The van der Waals surface area contributed by atoms with Crippen LogP contribution in [0.25, 0.3) is 0 Å². The summed E-state index contributed by atoms with van der Waals surface area (Å²) in [6.07, 6.45) is 2.92. The molecule has 0 aliphatic carbocycles. The van der Waals surface area contributed by atoms with Gasteiger partial charge in [0, 0.05) is 18.0 Å². The number of sulfonamides is 1. The fraction of sp³-hybridized carbons (Fsp3) is 0.714. The Hall–Kier alpha value is -0.430. The van der Waals surface area contributed by atoms with Crippen molar-refractivity contribution in [3.05, 3.63) is 16.5 Å². The van der Waals surface area contributed by atoms with Gasteiger partial charge in [-0.25, -0.2) is 8.42 Å². The van der Waals surface area contributed by atoms with Gasteiger partial charge < -0.3 is 5.11 Å². The Morgan fingerprint density at radius 2 is 2.00 bits per heavy atom. The maximum Gasteiger partial charge on any atom is 0.252 e. The van der Waals surface area contributed by atoms with Crippen LogP contribution in [0.5, 0.6) is 0 Å². The molecule has 0 amide bonds. The van der Waals surface area contributed by atoms with Crippen molar-refractivity contribution in [1.29, 1.82) is 0 Å². The maximum absolute atomic E-state index is 12.6. The second-order valence-corrected chi connectivity index (χ2v) is 9.20. The minimum atomic E-state index is -3.39. The summed E-state index contributed by atoms with van der Waals surface area (Å²) in [6, 6.07) is 1.68. The van der Waals surface area contributed by atoms with E-state index in [1.165, 1.54) is 11.3 Å². The van der Waals surface area contributed by atoms with Crippen LogP contribution in [0.2, 0.25) is 0 Å². The molecule has 0 aromatic carbocycles. The zero-order chi connectivity index (χ0) is 15.0. The Morgan fingerprint density at radius 3 is 2.45 bits per heavy atom. The number of aliphatic hydroxyl groups is 1. The summed E-state index contributed by atoms with van der Waals surface area (Å²) in [6.45, 7) is 7.33. The van der Waals surface area contributed by atoms with Crippen LogP contribution >= 0.6 is 11.3 Å². The van der Waals surface area contributed by atoms with Gasteiger partial charge in [0.2, 0.25) is 0 Å². The van der Waals surface area contributed by atoms with Crippen molar-refractivity contribution < 1.29 is 13.5 Å². The average molecular weight is 317 g/mol. The van der Waals surface area contributed by atoms with E-state index in [0.717, 1.165) is 29.7 Å². The summed E-state index contributed by atoms with van der Waals surface area (Å²) in [4.78, 5) is 0.735. The van der Waals surface area contributed by atoms with Gasteiger partial charge >= 0.3 is 0 Å². The maximum atomic E-state index is 12.6. The first kappa shape index (κ1) is 15.9. The molecule has 2 heterocycles. The van der Waals surface area contributed by atoms with Gasteiger partial charge in [-0.15, -0.1) is 11.3 Å². The van der Waals surface area contributed by atoms with E-state index in [-0.39, 0.29) is 12.0 Å². The highest BCUT2D eigenvalue weighted by atomic mass is 32.2. The molecule has 0 unspecified atom stereocenters. The standard InChI is InChI=1S/C14H23NO3S2/c1-4-14(3)5-7-15(8-6-14)20(17,18)13-9-11(2)12(10-16)19-13/h9,16H,4-8,10H2,1-3H3. The van der Waals surface area contributed by atoms with E-state index in [0.29, 0.717) is 17.3 Å². The normalized spacial score (nSPS) is 20.2. The lowest BCUT2D eigenvalue weighted by molar-refractivity contribution is 0.169. The van der Waals surface area contributed by atoms with Crippen molar-refractivity contribution >= 4 is 21.4 Å². The summed E-state index contributed by atoms with van der Waals surface area (Å²) >= 11 is 1.19. The Morgan fingerprint density at radius 1 is 1.40 bits per heavy atom. The van der Waals surface area contributed by atoms with E-state index >= 15 is 0 Å². The van der Waals surface area contributed by atoms with E-state index in [2.05, 4.69) is 13.8 Å². The van der Waals surface area contributed by atoms with E-state index in [1.54, 1.807) is 10.4 Å². The summed E-state index contributed by atoms with van der Waals surface area (Å²) < 4.78 is 27.2. The fourth-order valence-electron chi connectivity index (χ4n) is 2.52. The lowest BCUT2D eigenvalue weighted by Gasteiger charge is -2.37. The molecule has 4 nitrogen and oxygen atoms in total. The van der Waals surface area contributed by atoms with Crippen molar-refractivity contribution in [2.75, 3.05) is 13.1 Å². The number of piperidine rings is 1. The van der Waals surface area contributed by atoms with E-state index in [4.69, 9.17) is 0 Å². The Balaban J connectivity index is 2.19. The molecule has 0 saturated carbocycles. The van der Waals surface area contributed by atoms with Crippen LogP contribution < -0.4 is 0 Å². The van der Waals surface area contributed by atoms with Crippen LogP contribution in [-0.4, -0.2) is 30.9 Å². The number of aliphatic hydroxyl groups excluding tert-OH is 1. The summed E-state index contributed by atoms with van der Waals surface area (Å²) in [7, 11) is -3.39. The first-order valence-electron chi connectivity index (χ1n) is 7.03. The Kier molecular flexibility index (Phi) is 4.59. The second-order valence-electron chi connectivity index (χ2n) is 5.90. The second kappa shape index (κ2) is 5.75. The Bertz CT molecular complexity index is 569. The van der Waals surface area contributed by atoms with Gasteiger partial charge in [-0.05, 0) is 36.8 Å². The predicted octanol–water partition coefficient (Wildman–Crippen LogP) is 2.75. The lowest BCUT2D eigenvalue weighted by atomic mass is 9.79. The highest BCUT2D eigenvalue weighted by molar-refractivity contribution is 7.91. The molecule has 0 bridgehead atoms. The number of hydrogen-bond donors (Lipinski definition) is 1. The first-order valence-corrected chi connectivity index (χ1v) is 9.28. The largest absolute Gasteiger partial charge is 0.391 e. The molecule has 1 aliphatic rings. The van der Waals surface area contributed by atoms with Gasteiger partial charge in [-0.1, -0.05) is 20.3 Å². The van der Waals surface area contributed by atoms with Crippen LogP contribution in [0.4, 0.5) is 0 Å². The quantitative estimate of drug-likeness (QED) is 0.929. The van der Waals surface area contributed by atoms with Crippen LogP contribution in [-0.2, 0) is 16.6 Å². The monoisotopic (exact) mass is 317 g/mol. The molecule has 1 aromatic heterocycles. The molecule has 6 heteroatoms. The highest BCUT2D eigenvalue weighted by Gasteiger charge is 2.35. The third-order valence-electron chi connectivity index (χ3n) is 4.52. The van der Waals surface area contributed by atoms with Gasteiger partial charge in [-0.3, -0.25) is 0 Å². The van der Waals surface area contributed by atoms with Gasteiger partial charge in [0.05, 0.1) is 6.61 Å². The van der Waals surface area contributed by atoms with E-state index in [1.807, 2.05) is 6.92 Å². The smallest absolute Gasteiger partial charge is 0.252 e. The highest BCUT2D eigenvalue weighted by Crippen LogP contribution is 2.37. The average Bonchev–Trinajstić information content (AvgIpc) is 2.81. The topological polar surface area (TPSA) is 57.6 Å². The molecule has 114 valence electrons. The molecule has 20 heavy (non-hydrogen) atoms. The Labute approximate surface area is 125 Å². The molecular weight excluding hydrogens is 294 g/mol. The molecule has 1 fully saturated rings. The summed E-state index contributed by atoms with van der Waals surface area (Å²) in [5, 5.41) is 9.21. The van der Waals surface area contributed by atoms with Crippen molar-refractivity contribution in [2.24, 2.45) is 5.41 Å². The predicted molar refractivity (Wildman–Crippen MR) is 81.4 cm³/mol. The molecule has 1 aliphatic heterocycles. The molecule has 0 spiro atoms. The number of rotatable bonds is 4. The fourth-order valence-corrected chi connectivity index (χ4v) is 5.57. The summed E-state index contributed by atoms with van der Waals surface area (Å²) in [5.74, 6) is 0. The van der Waals surface area contributed by atoms with Crippen molar-refractivity contribution in [2.45, 2.75) is 50.8 Å². The minimum Gasteiger partial charge on any atom is -0.391 e. The van der Waals surface area contributed by atoms with E-state index in [9.17, 15) is 13.5 Å². The number of thiophene rings is 1. The molecular formula is C14H23NO3S2. The summed E-state index contributed by atoms with van der Waals surface area (Å²) in [5.41, 5.74) is 1.12. The van der Waals surface area contributed by atoms with Gasteiger partial charge in [0.25, 0.3) is 10.0 Å². The van der Waals surface area contributed by atoms with E-state index < -0.39 is 10.0 Å². The van der Waals surface area contributed by atoms with Crippen LogP contribution in [0, 0.1) is 12.3 Å². The minimum absolute atomic E-state index is 0.0973. The first-order chi connectivity index (χ1) is 9.32. The third kappa shape index (κ3) is 2.93. The molecule has 0 radical (unpaired) electrons. The zero-order valence-corrected chi connectivity index (χ0v) is 14.0. The van der Waals surface area contributed by atoms with Gasteiger partial charge in [-0.2, -0.15) is 4.31 Å². The van der Waals surface area contributed by atoms with Crippen LogP contribution in [0.15, 0.2) is 10.3 Å².